The van der Waals surface area contributed by atoms with E-state index in [9.17, 15) is 22.0 Å². The van der Waals surface area contributed by atoms with E-state index in [0.717, 1.165) is 42.5 Å². The van der Waals surface area contributed by atoms with E-state index in [1.807, 2.05) is 11.8 Å². The second kappa shape index (κ2) is 10.6. The summed E-state index contributed by atoms with van der Waals surface area (Å²) in [5.74, 6) is -2.34. The van der Waals surface area contributed by atoms with Crippen LogP contribution in [0.1, 0.15) is 38.2 Å². The SMILES string of the molecule is CC1NCCC1Oc1nc(OCC23CCCN2C[C@H](F)C3)nc2c(F)c(-c3ccc(F)c4sc(N)nc34)c(C(F)(F)F)cc12. The molecule has 3 aliphatic heterocycles. The van der Waals surface area contributed by atoms with E-state index in [1.165, 1.54) is 0 Å². The van der Waals surface area contributed by atoms with E-state index in [0.29, 0.717) is 19.4 Å². The summed E-state index contributed by atoms with van der Waals surface area (Å²) >= 11 is 0.745. The molecule has 15 heteroatoms. The second-order valence-electron chi connectivity index (χ2n) is 11.7. The van der Waals surface area contributed by atoms with Crippen molar-refractivity contribution in [2.45, 2.75) is 62.6 Å². The maximum absolute atomic E-state index is 16.6. The van der Waals surface area contributed by atoms with E-state index in [2.05, 4.69) is 20.3 Å². The van der Waals surface area contributed by atoms with Gasteiger partial charge in [-0.15, -0.1) is 0 Å². The first-order chi connectivity index (χ1) is 20.9. The molecule has 4 aromatic rings. The van der Waals surface area contributed by atoms with Crippen LogP contribution in [0.3, 0.4) is 0 Å². The molecule has 0 saturated carbocycles. The molecule has 3 fully saturated rings. The molecule has 3 saturated heterocycles. The van der Waals surface area contributed by atoms with Gasteiger partial charge in [-0.2, -0.15) is 23.1 Å². The molecule has 0 radical (unpaired) electrons. The van der Waals surface area contributed by atoms with Crippen LogP contribution < -0.4 is 20.5 Å². The van der Waals surface area contributed by atoms with Gasteiger partial charge in [0.25, 0.3) is 0 Å². The maximum atomic E-state index is 16.6. The number of benzene rings is 2. The van der Waals surface area contributed by atoms with Crippen LogP contribution in [0.4, 0.5) is 31.5 Å². The number of aromatic nitrogens is 3. The van der Waals surface area contributed by atoms with Crippen molar-refractivity contribution in [1.29, 1.82) is 0 Å². The van der Waals surface area contributed by atoms with Crippen LogP contribution in [0.25, 0.3) is 32.2 Å². The molecular formula is C29H28F6N6O2S. The molecule has 0 bridgehead atoms. The molecule has 4 atom stereocenters. The Kier molecular flexibility index (Phi) is 7.05. The Morgan fingerprint density at radius 1 is 1.18 bits per heavy atom. The third kappa shape index (κ3) is 4.88. The number of rotatable bonds is 6. The van der Waals surface area contributed by atoms with Gasteiger partial charge in [0.2, 0.25) is 5.88 Å². The zero-order chi connectivity index (χ0) is 31.0. The van der Waals surface area contributed by atoms with Gasteiger partial charge in [0, 0.05) is 30.1 Å². The van der Waals surface area contributed by atoms with Crippen molar-refractivity contribution in [3.63, 3.8) is 0 Å². The third-order valence-electron chi connectivity index (χ3n) is 8.91. The van der Waals surface area contributed by atoms with E-state index < -0.39 is 52.3 Å². The number of fused-ring (bicyclic) bond motifs is 3. The van der Waals surface area contributed by atoms with Gasteiger partial charge < -0.3 is 20.5 Å². The Bertz CT molecular complexity index is 1770. The lowest BCUT2D eigenvalue weighted by Crippen LogP contribution is -2.43. The molecule has 234 valence electrons. The van der Waals surface area contributed by atoms with Crippen LogP contribution >= 0.6 is 11.3 Å². The lowest BCUT2D eigenvalue weighted by molar-refractivity contribution is -0.137. The van der Waals surface area contributed by atoms with Crippen LogP contribution in [-0.4, -0.2) is 69.9 Å². The van der Waals surface area contributed by atoms with Crippen molar-refractivity contribution in [3.05, 3.63) is 35.4 Å². The maximum Gasteiger partial charge on any atom is 0.417 e. The number of thiazole rings is 1. The van der Waals surface area contributed by atoms with Crippen molar-refractivity contribution < 1.29 is 35.8 Å². The zero-order valence-electron chi connectivity index (χ0n) is 23.5. The fraction of sp³-hybridized carbons (Fsp3) is 0.483. The lowest BCUT2D eigenvalue weighted by Gasteiger charge is -2.30. The number of hydrogen-bond donors (Lipinski definition) is 2. The number of nitrogens with two attached hydrogens (primary N) is 1. The third-order valence-corrected chi connectivity index (χ3v) is 9.80. The summed E-state index contributed by atoms with van der Waals surface area (Å²) in [7, 11) is 0. The van der Waals surface area contributed by atoms with Crippen molar-refractivity contribution >= 4 is 37.6 Å². The first-order valence-corrected chi connectivity index (χ1v) is 15.1. The van der Waals surface area contributed by atoms with Gasteiger partial charge in [-0.3, -0.25) is 4.90 Å². The normalized spacial score (nSPS) is 25.8. The topological polar surface area (TPSA) is 98.4 Å². The summed E-state index contributed by atoms with van der Waals surface area (Å²) in [5, 5.41) is 2.82. The summed E-state index contributed by atoms with van der Waals surface area (Å²) < 4.78 is 101. The highest BCUT2D eigenvalue weighted by Gasteiger charge is 2.49. The molecule has 3 N–H and O–H groups in total. The molecule has 7 rings (SSSR count). The second-order valence-corrected chi connectivity index (χ2v) is 12.7. The number of nitrogens with zero attached hydrogens (tertiary/aromatic N) is 4. The number of nitrogen functional groups attached to an aromatic ring is 1. The average molecular weight is 639 g/mol. The smallest absolute Gasteiger partial charge is 0.417 e. The van der Waals surface area contributed by atoms with Crippen molar-refractivity contribution in [2.75, 3.05) is 32.0 Å². The molecule has 0 amide bonds. The highest BCUT2D eigenvalue weighted by atomic mass is 32.1. The van der Waals surface area contributed by atoms with Gasteiger partial charge in [0.1, 0.15) is 30.2 Å². The molecule has 2 aromatic heterocycles. The van der Waals surface area contributed by atoms with Gasteiger partial charge in [-0.1, -0.05) is 11.3 Å². The standard InChI is InChI=1S/C29H28F6N6O2S/c1-13-19(5-7-37-13)43-25-16-9-17(29(33,34)35)20(15-3-4-18(31)24-23(15)38-26(36)44-24)21(32)22(16)39-27(40-25)42-12-28-6-2-8-41(28)11-14(30)10-28/h3-4,9,13-14,19,37H,2,5-8,10-12H2,1H3,(H2,36,38)/t13?,14-,19?,28?/m1/s1. The first-order valence-electron chi connectivity index (χ1n) is 14.3. The van der Waals surface area contributed by atoms with E-state index in [4.69, 9.17) is 15.2 Å². The Balaban J connectivity index is 1.41. The minimum Gasteiger partial charge on any atom is -0.472 e. The first kappa shape index (κ1) is 29.3. The van der Waals surface area contributed by atoms with Crippen LogP contribution in [0.2, 0.25) is 0 Å². The molecule has 3 aliphatic rings. The van der Waals surface area contributed by atoms with Gasteiger partial charge in [-0.05, 0) is 57.5 Å². The molecular weight excluding hydrogens is 610 g/mol. The zero-order valence-corrected chi connectivity index (χ0v) is 24.3. The van der Waals surface area contributed by atoms with Gasteiger partial charge in [0.15, 0.2) is 10.9 Å². The summed E-state index contributed by atoms with van der Waals surface area (Å²) in [6, 6.07) is 2.28. The van der Waals surface area contributed by atoms with Gasteiger partial charge in [-0.25, -0.2) is 18.2 Å². The predicted octanol–water partition coefficient (Wildman–Crippen LogP) is 5.87. The average Bonchev–Trinajstić information content (AvgIpc) is 3.72. The summed E-state index contributed by atoms with van der Waals surface area (Å²) in [5.41, 5.74) is 2.03. The van der Waals surface area contributed by atoms with E-state index >= 15 is 4.39 Å². The summed E-state index contributed by atoms with van der Waals surface area (Å²) in [6.07, 6.45) is -4.14. The highest BCUT2D eigenvalue weighted by molar-refractivity contribution is 7.22. The number of halogens is 6. The van der Waals surface area contributed by atoms with Crippen LogP contribution in [0.5, 0.6) is 11.9 Å². The van der Waals surface area contributed by atoms with Gasteiger partial charge >= 0.3 is 12.2 Å². The number of alkyl halides is 4. The Morgan fingerprint density at radius 3 is 2.75 bits per heavy atom. The summed E-state index contributed by atoms with van der Waals surface area (Å²) in [6.45, 7) is 3.50. The number of hydrogen-bond acceptors (Lipinski definition) is 9. The molecule has 5 heterocycles. The van der Waals surface area contributed by atoms with Crippen LogP contribution in [0, 0.1) is 11.6 Å². The lowest BCUT2D eigenvalue weighted by atomic mass is 9.95. The predicted molar refractivity (Wildman–Crippen MR) is 153 cm³/mol. The van der Waals surface area contributed by atoms with Crippen LogP contribution in [-0.2, 0) is 6.18 Å². The summed E-state index contributed by atoms with van der Waals surface area (Å²) in [4.78, 5) is 14.6. The van der Waals surface area contributed by atoms with Gasteiger partial charge in [0.05, 0.1) is 26.7 Å². The van der Waals surface area contributed by atoms with E-state index in [1.54, 1.807) is 0 Å². The minimum atomic E-state index is -5.03. The fourth-order valence-corrected chi connectivity index (χ4v) is 7.57. The number of nitrogens with one attached hydrogen (secondary N) is 1. The molecule has 8 nitrogen and oxygen atoms in total. The Hall–Kier alpha value is -3.43. The molecule has 0 aliphatic carbocycles. The largest absolute Gasteiger partial charge is 0.472 e. The van der Waals surface area contributed by atoms with E-state index in [-0.39, 0.29) is 63.8 Å². The molecule has 2 aromatic carbocycles. The van der Waals surface area contributed by atoms with Crippen molar-refractivity contribution in [2.24, 2.45) is 0 Å². The Morgan fingerprint density at radius 2 is 2.00 bits per heavy atom. The Labute approximate surface area is 251 Å². The van der Waals surface area contributed by atoms with Crippen LogP contribution in [0.15, 0.2) is 18.2 Å². The monoisotopic (exact) mass is 638 g/mol. The molecule has 0 spiro atoms. The molecule has 3 unspecified atom stereocenters. The number of anilines is 1. The van der Waals surface area contributed by atoms with Crippen molar-refractivity contribution in [1.82, 2.24) is 25.2 Å². The fourth-order valence-electron chi connectivity index (χ4n) is 6.80. The molecule has 44 heavy (non-hydrogen) atoms. The quantitative estimate of drug-likeness (QED) is 0.253. The minimum absolute atomic E-state index is 0.0194. The van der Waals surface area contributed by atoms with Crippen molar-refractivity contribution in [3.8, 4) is 23.0 Å². The number of ether oxygens (including phenoxy) is 2. The highest BCUT2D eigenvalue weighted by Crippen LogP contribution is 2.46.